The molecule has 2 heterocycles. The molecule has 0 radical (unpaired) electrons. The molecule has 2 aromatic heterocycles. The molecular formula is C19H17N5. The SMILES string of the molecule is CN(C)c1ccc(-n2nccc2-c2ccc3nccnc3c2)cc1. The highest BCUT2D eigenvalue weighted by Crippen LogP contribution is 2.25. The van der Waals surface area contributed by atoms with Gasteiger partial charge in [-0.15, -0.1) is 0 Å². The average Bonchev–Trinajstić information content (AvgIpc) is 3.11. The third-order valence-electron chi connectivity index (χ3n) is 4.02. The first-order valence-electron chi connectivity index (χ1n) is 7.75. The fourth-order valence-electron chi connectivity index (χ4n) is 2.74. The van der Waals surface area contributed by atoms with Crippen LogP contribution in [0, 0.1) is 0 Å². The minimum atomic E-state index is 0.880. The number of aromatic nitrogens is 4. The van der Waals surface area contributed by atoms with Crippen molar-refractivity contribution >= 4 is 16.7 Å². The molecule has 0 saturated carbocycles. The average molecular weight is 315 g/mol. The Kier molecular flexibility index (Phi) is 3.46. The number of hydrogen-bond acceptors (Lipinski definition) is 4. The maximum absolute atomic E-state index is 4.48. The zero-order valence-electron chi connectivity index (χ0n) is 13.6. The Bertz CT molecular complexity index is 986. The van der Waals surface area contributed by atoms with Crippen LogP contribution in [-0.4, -0.2) is 33.8 Å². The van der Waals surface area contributed by atoms with Crippen LogP contribution in [0.2, 0.25) is 0 Å². The fraction of sp³-hybridized carbons (Fsp3) is 0.105. The Labute approximate surface area is 140 Å². The van der Waals surface area contributed by atoms with E-state index in [0.717, 1.165) is 33.7 Å². The molecule has 118 valence electrons. The molecule has 5 heteroatoms. The third-order valence-corrected chi connectivity index (χ3v) is 4.02. The molecule has 4 aromatic rings. The number of rotatable bonds is 3. The van der Waals surface area contributed by atoms with Crippen molar-refractivity contribution in [3.05, 3.63) is 67.1 Å². The smallest absolute Gasteiger partial charge is 0.0893 e. The first kappa shape index (κ1) is 14.4. The summed E-state index contributed by atoms with van der Waals surface area (Å²) in [7, 11) is 4.06. The lowest BCUT2D eigenvalue weighted by atomic mass is 10.1. The number of nitrogens with zero attached hydrogens (tertiary/aromatic N) is 5. The maximum atomic E-state index is 4.48. The molecule has 0 aliphatic heterocycles. The Morgan fingerprint density at radius 2 is 1.54 bits per heavy atom. The summed E-state index contributed by atoms with van der Waals surface area (Å²) in [5, 5.41) is 4.48. The van der Waals surface area contributed by atoms with Crippen LogP contribution in [0.5, 0.6) is 0 Å². The fourth-order valence-corrected chi connectivity index (χ4v) is 2.74. The van der Waals surface area contributed by atoms with Crippen LogP contribution < -0.4 is 4.90 Å². The second kappa shape index (κ2) is 5.77. The van der Waals surface area contributed by atoms with Gasteiger partial charge in [-0.2, -0.15) is 5.10 Å². The molecule has 2 aromatic carbocycles. The molecule has 4 rings (SSSR count). The van der Waals surface area contributed by atoms with E-state index in [1.165, 1.54) is 0 Å². The molecule has 0 aliphatic rings. The van der Waals surface area contributed by atoms with Gasteiger partial charge >= 0.3 is 0 Å². The monoisotopic (exact) mass is 315 g/mol. The highest BCUT2D eigenvalue weighted by Gasteiger charge is 2.09. The van der Waals surface area contributed by atoms with Gasteiger partial charge in [0.2, 0.25) is 0 Å². The summed E-state index contributed by atoms with van der Waals surface area (Å²) in [6.45, 7) is 0. The van der Waals surface area contributed by atoms with Gasteiger partial charge in [-0.25, -0.2) is 4.68 Å². The maximum Gasteiger partial charge on any atom is 0.0893 e. The predicted octanol–water partition coefficient (Wildman–Crippen LogP) is 3.55. The molecule has 24 heavy (non-hydrogen) atoms. The Balaban J connectivity index is 1.78. The van der Waals surface area contributed by atoms with E-state index < -0.39 is 0 Å². The van der Waals surface area contributed by atoms with Crippen LogP contribution in [-0.2, 0) is 0 Å². The van der Waals surface area contributed by atoms with Crippen molar-refractivity contribution in [1.29, 1.82) is 0 Å². The van der Waals surface area contributed by atoms with Gasteiger partial charge in [0.05, 0.1) is 28.6 Å². The zero-order valence-corrected chi connectivity index (χ0v) is 13.6. The van der Waals surface area contributed by atoms with Crippen LogP contribution in [0.15, 0.2) is 67.1 Å². The standard InChI is InChI=1S/C19H17N5/c1-23(2)15-4-6-16(7-5-15)24-19(9-10-22-24)14-3-8-17-18(13-14)21-12-11-20-17/h3-13H,1-2H3. The summed E-state index contributed by atoms with van der Waals surface area (Å²) < 4.78 is 1.94. The molecule has 0 amide bonds. The molecule has 0 atom stereocenters. The lowest BCUT2D eigenvalue weighted by Crippen LogP contribution is -2.08. The van der Waals surface area contributed by atoms with Crippen molar-refractivity contribution in [3.63, 3.8) is 0 Å². The third kappa shape index (κ3) is 2.50. The second-order valence-corrected chi connectivity index (χ2v) is 5.80. The highest BCUT2D eigenvalue weighted by atomic mass is 15.3. The highest BCUT2D eigenvalue weighted by molar-refractivity contribution is 5.80. The lowest BCUT2D eigenvalue weighted by Gasteiger charge is -2.13. The summed E-state index contributed by atoms with van der Waals surface area (Å²) in [5.74, 6) is 0. The quantitative estimate of drug-likeness (QED) is 0.580. The van der Waals surface area contributed by atoms with Crippen LogP contribution >= 0.6 is 0 Å². The van der Waals surface area contributed by atoms with Crippen molar-refractivity contribution in [2.75, 3.05) is 19.0 Å². The summed E-state index contributed by atoms with van der Waals surface area (Å²) in [6.07, 6.45) is 5.23. The Hall–Kier alpha value is -3.21. The van der Waals surface area contributed by atoms with E-state index in [1.54, 1.807) is 12.4 Å². The van der Waals surface area contributed by atoms with Crippen LogP contribution in [0.1, 0.15) is 0 Å². The number of benzene rings is 2. The summed E-state index contributed by atoms with van der Waals surface area (Å²) in [5.41, 5.74) is 6.05. The first-order chi connectivity index (χ1) is 11.7. The molecule has 0 fully saturated rings. The van der Waals surface area contributed by atoms with Crippen LogP contribution in [0.25, 0.3) is 28.0 Å². The van der Waals surface area contributed by atoms with Gasteiger partial charge in [0.25, 0.3) is 0 Å². The van der Waals surface area contributed by atoms with Gasteiger partial charge in [-0.05, 0) is 42.5 Å². The molecule has 0 spiro atoms. The van der Waals surface area contributed by atoms with Gasteiger partial charge < -0.3 is 4.90 Å². The van der Waals surface area contributed by atoms with E-state index in [1.807, 2.05) is 43.2 Å². The van der Waals surface area contributed by atoms with Crippen molar-refractivity contribution in [3.8, 4) is 16.9 Å². The number of fused-ring (bicyclic) bond motifs is 1. The van der Waals surface area contributed by atoms with E-state index in [2.05, 4.69) is 50.3 Å². The molecular weight excluding hydrogens is 298 g/mol. The summed E-state index contributed by atoms with van der Waals surface area (Å²) in [6, 6.07) is 16.4. The molecule has 5 nitrogen and oxygen atoms in total. The second-order valence-electron chi connectivity index (χ2n) is 5.80. The molecule has 0 N–H and O–H groups in total. The normalized spacial score (nSPS) is 10.9. The van der Waals surface area contributed by atoms with Gasteiger partial charge in [0.1, 0.15) is 0 Å². The van der Waals surface area contributed by atoms with E-state index in [4.69, 9.17) is 0 Å². The van der Waals surface area contributed by atoms with Crippen molar-refractivity contribution in [2.24, 2.45) is 0 Å². The predicted molar refractivity (Wildman–Crippen MR) is 96.4 cm³/mol. The topological polar surface area (TPSA) is 46.8 Å². The molecule has 0 aliphatic carbocycles. The van der Waals surface area contributed by atoms with Gasteiger partial charge in [0.15, 0.2) is 0 Å². The van der Waals surface area contributed by atoms with Gasteiger partial charge in [0, 0.05) is 37.7 Å². The zero-order chi connectivity index (χ0) is 16.5. The number of hydrogen-bond donors (Lipinski definition) is 0. The Morgan fingerprint density at radius 1 is 0.792 bits per heavy atom. The minimum absolute atomic E-state index is 0.880. The van der Waals surface area contributed by atoms with Crippen molar-refractivity contribution in [2.45, 2.75) is 0 Å². The molecule has 0 unspecified atom stereocenters. The van der Waals surface area contributed by atoms with E-state index in [9.17, 15) is 0 Å². The summed E-state index contributed by atoms with van der Waals surface area (Å²) >= 11 is 0. The molecule has 0 bridgehead atoms. The van der Waals surface area contributed by atoms with Crippen LogP contribution in [0.4, 0.5) is 5.69 Å². The van der Waals surface area contributed by atoms with E-state index in [-0.39, 0.29) is 0 Å². The first-order valence-corrected chi connectivity index (χ1v) is 7.75. The summed E-state index contributed by atoms with van der Waals surface area (Å²) in [4.78, 5) is 10.8. The Morgan fingerprint density at radius 3 is 2.29 bits per heavy atom. The lowest BCUT2D eigenvalue weighted by molar-refractivity contribution is 0.887. The minimum Gasteiger partial charge on any atom is -0.378 e. The van der Waals surface area contributed by atoms with E-state index in [0.29, 0.717) is 0 Å². The van der Waals surface area contributed by atoms with Gasteiger partial charge in [-0.1, -0.05) is 6.07 Å². The van der Waals surface area contributed by atoms with Crippen LogP contribution in [0.3, 0.4) is 0 Å². The molecule has 0 saturated heterocycles. The van der Waals surface area contributed by atoms with Crippen molar-refractivity contribution < 1.29 is 0 Å². The largest absolute Gasteiger partial charge is 0.378 e. The van der Waals surface area contributed by atoms with Gasteiger partial charge in [-0.3, -0.25) is 9.97 Å². The van der Waals surface area contributed by atoms with E-state index >= 15 is 0 Å². The number of anilines is 1. The van der Waals surface area contributed by atoms with Crippen molar-refractivity contribution in [1.82, 2.24) is 19.7 Å².